The molecule has 2 N–H and O–H groups in total. The number of benzene rings is 2. The Kier molecular flexibility index (Phi) is 13.5. The third kappa shape index (κ3) is 11.7. The van der Waals surface area contributed by atoms with Gasteiger partial charge in [0.2, 0.25) is 0 Å². The summed E-state index contributed by atoms with van der Waals surface area (Å²) in [5, 5.41) is 29.2. The standard InChI is InChI=1S/C50H51F12N11/c1-25-13-35(23-71(46-67-69-70-68-46)21-29-15-36(47(51,52)53)19-37(16-29)48(54,55)56)44(65-28(25)4)73(42(33-9-10-33)34-11-12-34)45(40-14-26(2)27(3)64-43(40)66-41(31-5-6-31)32-7-8-32)72(24-63)22-30-17-38(49(57,58)59)20-39(18-30)50(60,61)62/h13-20,31-34,41-42,45H,5-12,21-23H2,1-4H3,(H,64,66)(H,67,68,69,70). The molecule has 0 spiro atoms. The molecular formula is C50H51F12N11. The van der Waals surface area contributed by atoms with Gasteiger partial charge in [-0.1, -0.05) is 5.10 Å². The number of pyridine rings is 2. The van der Waals surface area contributed by atoms with E-state index in [2.05, 4.69) is 32.1 Å². The zero-order valence-corrected chi connectivity index (χ0v) is 40.0. The Hall–Kier alpha value is -6.34. The zero-order chi connectivity index (χ0) is 52.5. The first kappa shape index (κ1) is 51.6. The Bertz CT molecular complexity index is 2770. The summed E-state index contributed by atoms with van der Waals surface area (Å²) in [4.78, 5) is 14.6. The van der Waals surface area contributed by atoms with Crippen LogP contribution in [0.1, 0.15) is 125 Å². The topological polar surface area (TPSA) is 126 Å². The van der Waals surface area contributed by atoms with Crippen LogP contribution < -0.4 is 15.1 Å². The Balaban J connectivity index is 1.26. The Morgan fingerprint density at radius 3 is 1.52 bits per heavy atom. The number of nitriles is 1. The average molecular weight is 1030 g/mol. The van der Waals surface area contributed by atoms with Gasteiger partial charge in [0.15, 0.2) is 6.19 Å². The highest BCUT2D eigenvalue weighted by Gasteiger charge is 2.51. The summed E-state index contributed by atoms with van der Waals surface area (Å²) in [6.07, 6.45) is -13.1. The van der Waals surface area contributed by atoms with E-state index in [-0.39, 0.29) is 48.3 Å². The molecule has 0 bridgehead atoms. The number of hydrogen-bond acceptors (Lipinski definition) is 10. The van der Waals surface area contributed by atoms with Crippen molar-refractivity contribution in [3.05, 3.63) is 116 Å². The quantitative estimate of drug-likeness (QED) is 0.0379. The first-order chi connectivity index (χ1) is 34.3. The van der Waals surface area contributed by atoms with Gasteiger partial charge in [0, 0.05) is 47.7 Å². The van der Waals surface area contributed by atoms with Crippen LogP contribution in [-0.2, 0) is 44.3 Å². The van der Waals surface area contributed by atoms with Crippen LogP contribution in [0.15, 0.2) is 48.5 Å². The highest BCUT2D eigenvalue weighted by molar-refractivity contribution is 5.59. The van der Waals surface area contributed by atoms with Crippen molar-refractivity contribution < 1.29 is 52.7 Å². The maximum atomic E-state index is 14.4. The largest absolute Gasteiger partial charge is 0.416 e. The second kappa shape index (κ2) is 19.2. The molecule has 23 heteroatoms. The van der Waals surface area contributed by atoms with E-state index in [1.807, 2.05) is 11.0 Å². The molecule has 2 aromatic carbocycles. The molecule has 11 nitrogen and oxygen atoms in total. The monoisotopic (exact) mass is 1030 g/mol. The van der Waals surface area contributed by atoms with E-state index in [0.717, 1.165) is 56.3 Å². The first-order valence-electron chi connectivity index (χ1n) is 24.0. The fraction of sp³-hybridized carbons (Fsp3) is 0.520. The minimum absolute atomic E-state index is 0.0218. The van der Waals surface area contributed by atoms with Crippen LogP contribution >= 0.6 is 0 Å². The molecule has 73 heavy (non-hydrogen) atoms. The van der Waals surface area contributed by atoms with Crippen LogP contribution in [0.2, 0.25) is 0 Å². The van der Waals surface area contributed by atoms with Crippen LogP contribution in [-0.4, -0.2) is 47.6 Å². The number of halogens is 12. The first-order valence-corrected chi connectivity index (χ1v) is 24.0. The molecule has 1 unspecified atom stereocenters. The second-order valence-electron chi connectivity index (χ2n) is 20.1. The van der Waals surface area contributed by atoms with E-state index in [9.17, 15) is 57.9 Å². The molecule has 0 radical (unpaired) electrons. The molecule has 4 fully saturated rings. The maximum absolute atomic E-state index is 14.4. The lowest BCUT2D eigenvalue weighted by Gasteiger charge is -2.45. The average Bonchev–Trinajstić information content (AvgIpc) is 4.08. The fourth-order valence-corrected chi connectivity index (χ4v) is 9.93. The van der Waals surface area contributed by atoms with Gasteiger partial charge < -0.3 is 15.1 Å². The molecule has 3 heterocycles. The normalized spacial score (nSPS) is 17.0. The molecule has 4 aliphatic carbocycles. The number of anilines is 3. The lowest BCUT2D eigenvalue weighted by atomic mass is 9.97. The number of H-pyrrole nitrogens is 1. The Morgan fingerprint density at radius 1 is 0.616 bits per heavy atom. The number of alkyl halides is 12. The molecule has 0 aliphatic heterocycles. The number of aromatic amines is 1. The number of hydrogen-bond donors (Lipinski definition) is 2. The predicted octanol–water partition coefficient (Wildman–Crippen LogP) is 12.8. The number of aromatic nitrogens is 6. The molecule has 4 aliphatic rings. The number of nitrogens with zero attached hydrogens (tertiary/aromatic N) is 9. The van der Waals surface area contributed by atoms with Gasteiger partial charge in [-0.3, -0.25) is 4.90 Å². The molecule has 9 rings (SSSR count). The third-order valence-electron chi connectivity index (χ3n) is 14.3. The van der Waals surface area contributed by atoms with Crippen molar-refractivity contribution in [1.82, 2.24) is 35.5 Å². The van der Waals surface area contributed by atoms with E-state index in [4.69, 9.17) is 9.97 Å². The van der Waals surface area contributed by atoms with Gasteiger partial charge in [-0.05, 0) is 179 Å². The number of rotatable bonds is 18. The van der Waals surface area contributed by atoms with Crippen molar-refractivity contribution in [3.63, 3.8) is 0 Å². The second-order valence-corrected chi connectivity index (χ2v) is 20.1. The van der Waals surface area contributed by atoms with Gasteiger partial charge in [-0.15, -0.1) is 5.10 Å². The Labute approximate surface area is 412 Å². The van der Waals surface area contributed by atoms with Crippen LogP contribution in [0, 0.1) is 62.8 Å². The van der Waals surface area contributed by atoms with E-state index < -0.39 is 83.4 Å². The zero-order valence-electron chi connectivity index (χ0n) is 40.0. The van der Waals surface area contributed by atoms with Crippen molar-refractivity contribution in [3.8, 4) is 6.19 Å². The minimum Gasteiger partial charge on any atom is -0.366 e. The van der Waals surface area contributed by atoms with Crippen molar-refractivity contribution in [2.45, 2.75) is 142 Å². The van der Waals surface area contributed by atoms with Gasteiger partial charge in [0.1, 0.15) is 17.8 Å². The summed E-state index contributed by atoms with van der Waals surface area (Å²) >= 11 is 0. The van der Waals surface area contributed by atoms with Gasteiger partial charge >= 0.3 is 24.7 Å². The highest BCUT2D eigenvalue weighted by Crippen LogP contribution is 2.53. The highest BCUT2D eigenvalue weighted by atomic mass is 19.4. The van der Waals surface area contributed by atoms with E-state index in [1.165, 1.54) is 4.90 Å². The molecule has 3 aromatic heterocycles. The molecule has 1 atom stereocenters. The SMILES string of the molecule is Cc1cc(C(N(C#N)Cc2cc(C(F)(F)F)cc(C(F)(F)F)c2)N(c2nc(C)c(C)cc2CN(Cc2cc(C(F)(F)F)cc(C(F)(F)F)c2)c2nn[nH]n2)C(C2CC2)C2CC2)c(NC(C2CC2)C2CC2)nc1C. The van der Waals surface area contributed by atoms with E-state index in [0.29, 0.717) is 75.6 Å². The van der Waals surface area contributed by atoms with Crippen LogP contribution in [0.5, 0.6) is 0 Å². The molecular weight excluding hydrogens is 983 g/mol. The van der Waals surface area contributed by atoms with Crippen molar-refractivity contribution >= 4 is 17.6 Å². The molecule has 390 valence electrons. The van der Waals surface area contributed by atoms with Gasteiger partial charge in [0.05, 0.1) is 28.8 Å². The summed E-state index contributed by atoms with van der Waals surface area (Å²) in [6, 6.07) is 5.52. The molecule has 0 saturated heterocycles. The minimum atomic E-state index is -5.19. The lowest BCUT2D eigenvalue weighted by Crippen LogP contribution is -2.49. The number of tetrazole rings is 1. The summed E-state index contributed by atoms with van der Waals surface area (Å²) in [5.41, 5.74) is -3.93. The summed E-state index contributed by atoms with van der Waals surface area (Å²) < 4.78 is 172. The lowest BCUT2D eigenvalue weighted by molar-refractivity contribution is -0.144. The van der Waals surface area contributed by atoms with Gasteiger partial charge in [-0.2, -0.15) is 63.2 Å². The number of aryl methyl sites for hydroxylation is 4. The Morgan fingerprint density at radius 2 is 1.08 bits per heavy atom. The van der Waals surface area contributed by atoms with Crippen molar-refractivity contribution in [2.24, 2.45) is 23.7 Å². The maximum Gasteiger partial charge on any atom is 0.416 e. The van der Waals surface area contributed by atoms with Crippen molar-refractivity contribution in [1.29, 1.82) is 5.26 Å². The summed E-state index contributed by atoms with van der Waals surface area (Å²) in [6.45, 7) is 5.38. The number of nitrogens with one attached hydrogen (secondary N) is 2. The van der Waals surface area contributed by atoms with Gasteiger partial charge in [0.25, 0.3) is 5.95 Å². The van der Waals surface area contributed by atoms with E-state index in [1.54, 1.807) is 33.8 Å². The van der Waals surface area contributed by atoms with E-state index >= 15 is 0 Å². The smallest absolute Gasteiger partial charge is 0.366 e. The molecule has 5 aromatic rings. The molecule has 0 amide bonds. The fourth-order valence-electron chi connectivity index (χ4n) is 9.93. The van der Waals surface area contributed by atoms with Crippen LogP contribution in [0.4, 0.5) is 70.3 Å². The predicted molar refractivity (Wildman–Crippen MR) is 243 cm³/mol. The third-order valence-corrected chi connectivity index (χ3v) is 14.3. The summed E-state index contributed by atoms with van der Waals surface area (Å²) in [5.74, 6) is 0.937. The van der Waals surface area contributed by atoms with Gasteiger partial charge in [-0.25, -0.2) is 9.97 Å². The van der Waals surface area contributed by atoms with Crippen LogP contribution in [0.3, 0.4) is 0 Å². The van der Waals surface area contributed by atoms with Crippen molar-refractivity contribution in [2.75, 3.05) is 15.1 Å². The summed E-state index contributed by atoms with van der Waals surface area (Å²) in [7, 11) is 0. The van der Waals surface area contributed by atoms with Crippen LogP contribution in [0.25, 0.3) is 0 Å². The molecule has 4 saturated carbocycles.